The predicted molar refractivity (Wildman–Crippen MR) is 133 cm³/mol. The second kappa shape index (κ2) is 11.0. The molecule has 11 heteroatoms. The van der Waals surface area contributed by atoms with Crippen LogP contribution in [0.3, 0.4) is 0 Å². The van der Waals surface area contributed by atoms with Gasteiger partial charge < -0.3 is 24.4 Å². The van der Waals surface area contributed by atoms with Crippen LogP contribution in [-0.2, 0) is 16.0 Å². The summed E-state index contributed by atoms with van der Waals surface area (Å²) in [5.74, 6) is 0.654. The van der Waals surface area contributed by atoms with Crippen LogP contribution in [0.15, 0.2) is 36.8 Å². The molecule has 1 aliphatic rings. The van der Waals surface area contributed by atoms with Gasteiger partial charge in [0, 0.05) is 38.5 Å². The third kappa shape index (κ3) is 7.33. The summed E-state index contributed by atoms with van der Waals surface area (Å²) in [7, 11) is 1.70. The van der Waals surface area contributed by atoms with E-state index in [2.05, 4.69) is 25.3 Å². The van der Waals surface area contributed by atoms with Gasteiger partial charge in [0.2, 0.25) is 0 Å². The average molecular weight is 499 g/mol. The first kappa shape index (κ1) is 24.8. The minimum Gasteiger partial charge on any atom is -0.460 e. The molecule has 186 valence electrons. The predicted octanol–water partition coefficient (Wildman–Crippen LogP) is 4.66. The molecule has 4 heterocycles. The Morgan fingerprint density at radius 2 is 1.97 bits per heavy atom. The fraction of sp³-hybridized carbons (Fsp3) is 0.458. The van der Waals surface area contributed by atoms with Crippen molar-refractivity contribution in [2.75, 3.05) is 25.6 Å². The maximum atomic E-state index is 12.2. The maximum Gasteiger partial charge on any atom is 0.410 e. The fourth-order valence-electron chi connectivity index (χ4n) is 3.31. The average Bonchev–Trinajstić information content (AvgIpc) is 3.29. The van der Waals surface area contributed by atoms with Crippen molar-refractivity contribution >= 4 is 28.4 Å². The molecule has 4 rings (SSSR count). The molecule has 1 aliphatic heterocycles. The van der Waals surface area contributed by atoms with Gasteiger partial charge in [-0.1, -0.05) is 17.4 Å². The van der Waals surface area contributed by atoms with Gasteiger partial charge in [0.05, 0.1) is 30.3 Å². The normalized spacial score (nSPS) is 14.4. The summed E-state index contributed by atoms with van der Waals surface area (Å²) >= 11 is 1.46. The van der Waals surface area contributed by atoms with E-state index in [-0.39, 0.29) is 12.2 Å². The maximum absolute atomic E-state index is 12.2. The number of carbonyl (C=O) groups excluding carboxylic acids is 1. The zero-order chi connectivity index (χ0) is 24.8. The van der Waals surface area contributed by atoms with E-state index in [1.165, 1.54) is 16.2 Å². The second-order valence-corrected chi connectivity index (χ2v) is 10.2. The van der Waals surface area contributed by atoms with Crippen molar-refractivity contribution in [2.45, 2.75) is 51.9 Å². The Bertz CT molecular complexity index is 1130. The molecule has 0 unspecified atom stereocenters. The van der Waals surface area contributed by atoms with E-state index in [0.29, 0.717) is 36.7 Å². The molecule has 1 N–H and O–H groups in total. The van der Waals surface area contributed by atoms with Crippen LogP contribution in [0.2, 0.25) is 0 Å². The lowest BCUT2D eigenvalue weighted by atomic mass is 10.2. The molecule has 3 aromatic rings. The first-order chi connectivity index (χ1) is 16.7. The quantitative estimate of drug-likeness (QED) is 0.497. The summed E-state index contributed by atoms with van der Waals surface area (Å²) in [6, 6.07) is 5.97. The van der Waals surface area contributed by atoms with E-state index in [0.717, 1.165) is 29.0 Å². The molecule has 0 radical (unpaired) electrons. The molecule has 1 amide bonds. The Balaban J connectivity index is 1.34. The third-order valence-corrected chi connectivity index (χ3v) is 5.95. The van der Waals surface area contributed by atoms with Crippen LogP contribution in [0.4, 0.5) is 15.7 Å². The number of rotatable bonds is 7. The van der Waals surface area contributed by atoms with Crippen LogP contribution in [0.1, 0.15) is 39.2 Å². The van der Waals surface area contributed by atoms with Gasteiger partial charge in [-0.3, -0.25) is 0 Å². The van der Waals surface area contributed by atoms with Crippen LogP contribution in [0.5, 0.6) is 6.01 Å². The number of anilines is 2. The molecule has 35 heavy (non-hydrogen) atoms. The van der Waals surface area contributed by atoms with E-state index >= 15 is 0 Å². The first-order valence-corrected chi connectivity index (χ1v) is 12.3. The molecule has 1 fully saturated rings. The Morgan fingerprint density at radius 3 is 2.69 bits per heavy atom. The largest absolute Gasteiger partial charge is 0.460 e. The summed E-state index contributed by atoms with van der Waals surface area (Å²) in [5.41, 5.74) is 1.11. The summed E-state index contributed by atoms with van der Waals surface area (Å²) in [4.78, 5) is 32.2. The van der Waals surface area contributed by atoms with Crippen LogP contribution < -0.4 is 10.1 Å². The van der Waals surface area contributed by atoms with E-state index in [4.69, 9.17) is 14.2 Å². The van der Waals surface area contributed by atoms with Crippen molar-refractivity contribution in [3.8, 4) is 16.6 Å². The molecule has 0 saturated carbocycles. The number of hydrogen-bond donors (Lipinski definition) is 1. The number of aromatic nitrogens is 4. The van der Waals surface area contributed by atoms with Crippen molar-refractivity contribution in [1.29, 1.82) is 0 Å². The Kier molecular flexibility index (Phi) is 7.76. The number of thiazole rings is 1. The summed E-state index contributed by atoms with van der Waals surface area (Å²) in [5, 5.41) is 3.90. The van der Waals surface area contributed by atoms with Gasteiger partial charge in [-0.2, -0.15) is 4.98 Å². The molecule has 0 aromatic carbocycles. The lowest BCUT2D eigenvalue weighted by Crippen LogP contribution is -2.33. The lowest BCUT2D eigenvalue weighted by molar-refractivity contribution is 0.0217. The highest BCUT2D eigenvalue weighted by Crippen LogP contribution is 2.30. The smallest absolute Gasteiger partial charge is 0.410 e. The molecule has 10 nitrogen and oxygen atoms in total. The Hall–Kier alpha value is -3.31. The van der Waals surface area contributed by atoms with Gasteiger partial charge in [0.15, 0.2) is 5.13 Å². The number of nitrogens with one attached hydrogen (secondary N) is 1. The monoisotopic (exact) mass is 498 g/mol. The number of pyridine rings is 1. The zero-order valence-corrected chi connectivity index (χ0v) is 21.2. The van der Waals surface area contributed by atoms with Gasteiger partial charge >= 0.3 is 12.1 Å². The van der Waals surface area contributed by atoms with Crippen LogP contribution in [0.25, 0.3) is 10.6 Å². The van der Waals surface area contributed by atoms with Crippen molar-refractivity contribution in [2.24, 2.45) is 0 Å². The topological polar surface area (TPSA) is 112 Å². The zero-order valence-electron chi connectivity index (χ0n) is 20.4. The number of carbonyl (C=O) groups is 1. The number of ether oxygens (including phenoxy) is 3. The van der Waals surface area contributed by atoms with Crippen LogP contribution in [-0.4, -0.2) is 62.9 Å². The fourth-order valence-corrected chi connectivity index (χ4v) is 4.10. The standard InChI is InChI=1S/C24H30N6O4S/c1-24(2,3)34-23(31)30(4)15-16-5-6-20(26-13-16)29-22-27-14-19(35-22)18-7-10-25-21(28-18)33-17-8-11-32-12-9-17/h5-7,10,13-14,17H,8-9,11-12,15H2,1-4H3,(H,26,27,29). The third-order valence-electron chi connectivity index (χ3n) is 5.02. The van der Waals surface area contributed by atoms with Crippen molar-refractivity contribution < 1.29 is 19.0 Å². The van der Waals surface area contributed by atoms with Gasteiger partial charge in [0.25, 0.3) is 0 Å². The molecular weight excluding hydrogens is 468 g/mol. The van der Waals surface area contributed by atoms with E-state index in [1.54, 1.807) is 25.6 Å². The number of hydrogen-bond acceptors (Lipinski definition) is 10. The van der Waals surface area contributed by atoms with Gasteiger partial charge in [0.1, 0.15) is 17.5 Å². The Morgan fingerprint density at radius 1 is 1.17 bits per heavy atom. The van der Waals surface area contributed by atoms with E-state index in [9.17, 15) is 4.79 Å². The first-order valence-electron chi connectivity index (χ1n) is 11.4. The van der Waals surface area contributed by atoms with Gasteiger partial charge in [-0.25, -0.2) is 19.7 Å². The van der Waals surface area contributed by atoms with Gasteiger partial charge in [-0.05, 0) is 38.5 Å². The highest BCUT2D eigenvalue weighted by Gasteiger charge is 2.20. The SMILES string of the molecule is CN(Cc1ccc(Nc2ncc(-c3ccnc(OC4CCOCC4)n3)s2)nc1)C(=O)OC(C)(C)C. The minimum atomic E-state index is -0.533. The van der Waals surface area contributed by atoms with E-state index < -0.39 is 5.60 Å². The second-order valence-electron chi connectivity index (χ2n) is 9.20. The highest BCUT2D eigenvalue weighted by molar-refractivity contribution is 7.18. The molecule has 1 saturated heterocycles. The van der Waals surface area contributed by atoms with Gasteiger partial charge in [-0.15, -0.1) is 0 Å². The Labute approximate surface area is 208 Å². The summed E-state index contributed by atoms with van der Waals surface area (Å²) < 4.78 is 16.7. The van der Waals surface area contributed by atoms with Crippen molar-refractivity contribution in [3.05, 3.63) is 42.4 Å². The molecule has 0 bridgehead atoms. The van der Waals surface area contributed by atoms with Crippen molar-refractivity contribution in [1.82, 2.24) is 24.8 Å². The minimum absolute atomic E-state index is 0.0793. The molecule has 3 aromatic heterocycles. The van der Waals surface area contributed by atoms with E-state index in [1.807, 2.05) is 39.0 Å². The summed E-state index contributed by atoms with van der Waals surface area (Å²) in [6.45, 7) is 7.32. The van der Waals surface area contributed by atoms with Crippen LogP contribution >= 0.6 is 11.3 Å². The molecule has 0 atom stereocenters. The molecular formula is C24H30N6O4S. The summed E-state index contributed by atoms with van der Waals surface area (Å²) in [6.07, 6.45) is 6.56. The molecule has 0 aliphatic carbocycles. The molecule has 0 spiro atoms. The number of amides is 1. The highest BCUT2D eigenvalue weighted by atomic mass is 32.1. The number of nitrogens with zero attached hydrogens (tertiary/aromatic N) is 5. The lowest BCUT2D eigenvalue weighted by Gasteiger charge is -2.24. The van der Waals surface area contributed by atoms with Crippen LogP contribution in [0, 0.1) is 0 Å². The van der Waals surface area contributed by atoms with Crippen molar-refractivity contribution in [3.63, 3.8) is 0 Å².